The maximum Gasteiger partial charge on any atom is 0.391 e. The monoisotopic (exact) mass is 303 g/mol. The van der Waals surface area contributed by atoms with E-state index in [2.05, 4.69) is 0 Å². The number of nitrogens with zero attached hydrogens (tertiary/aromatic N) is 1. The van der Waals surface area contributed by atoms with E-state index in [1.54, 1.807) is 18.2 Å². The molecule has 0 spiro atoms. The Balaban J connectivity index is 1.96. The number of halogens is 3. The van der Waals surface area contributed by atoms with Crippen molar-refractivity contribution in [2.75, 3.05) is 19.7 Å². The minimum absolute atomic E-state index is 0.0808. The van der Waals surface area contributed by atoms with Crippen LogP contribution < -0.4 is 4.74 Å². The van der Waals surface area contributed by atoms with Gasteiger partial charge in [0, 0.05) is 12.1 Å². The number of rotatable bonds is 4. The van der Waals surface area contributed by atoms with Crippen LogP contribution in [0.3, 0.4) is 0 Å². The van der Waals surface area contributed by atoms with Crippen molar-refractivity contribution >= 4 is 0 Å². The zero-order valence-corrected chi connectivity index (χ0v) is 12.0. The predicted octanol–water partition coefficient (Wildman–Crippen LogP) is 3.57. The molecule has 1 heterocycles. The molecule has 21 heavy (non-hydrogen) atoms. The van der Waals surface area contributed by atoms with E-state index in [9.17, 15) is 18.3 Å². The Kier molecular flexibility index (Phi) is 4.98. The fourth-order valence-corrected chi connectivity index (χ4v) is 2.63. The van der Waals surface area contributed by atoms with Crippen LogP contribution in [-0.2, 0) is 6.54 Å². The van der Waals surface area contributed by atoms with E-state index in [1.165, 1.54) is 0 Å². The molecule has 0 radical (unpaired) electrons. The maximum absolute atomic E-state index is 12.6. The topological polar surface area (TPSA) is 32.7 Å². The molecule has 1 fully saturated rings. The fourth-order valence-electron chi connectivity index (χ4n) is 2.63. The first-order valence-electron chi connectivity index (χ1n) is 7.14. The Hall–Kier alpha value is -1.43. The smallest absolute Gasteiger partial charge is 0.391 e. The summed E-state index contributed by atoms with van der Waals surface area (Å²) < 4.78 is 43.2. The molecule has 0 aliphatic carbocycles. The third-order valence-electron chi connectivity index (χ3n) is 3.83. The third kappa shape index (κ3) is 4.03. The number of likely N-dealkylation sites (tertiary alicyclic amines) is 1. The van der Waals surface area contributed by atoms with Gasteiger partial charge in [-0.1, -0.05) is 12.1 Å². The molecule has 1 aliphatic heterocycles. The summed E-state index contributed by atoms with van der Waals surface area (Å²) in [6.07, 6.45) is -3.85. The van der Waals surface area contributed by atoms with E-state index in [0.29, 0.717) is 37.6 Å². The highest BCUT2D eigenvalue weighted by Gasteiger charge is 2.41. The second-order valence-electron chi connectivity index (χ2n) is 5.29. The lowest BCUT2D eigenvalue weighted by atomic mass is 9.96. The summed E-state index contributed by atoms with van der Waals surface area (Å²) >= 11 is 0. The normalized spacial score (nSPS) is 17.9. The van der Waals surface area contributed by atoms with E-state index >= 15 is 0 Å². The Morgan fingerprint density at radius 2 is 1.95 bits per heavy atom. The number of hydrogen-bond donors (Lipinski definition) is 1. The number of aromatic hydroxyl groups is 1. The highest BCUT2D eigenvalue weighted by Crippen LogP contribution is 2.35. The molecule has 1 aromatic carbocycles. The quantitative estimate of drug-likeness (QED) is 0.923. The second kappa shape index (κ2) is 6.56. The Labute approximate surface area is 122 Å². The number of alkyl halides is 3. The largest absolute Gasteiger partial charge is 0.504 e. The molecule has 1 aromatic rings. The summed E-state index contributed by atoms with van der Waals surface area (Å²) in [5.74, 6) is -0.699. The summed E-state index contributed by atoms with van der Waals surface area (Å²) in [5, 5.41) is 10.1. The fraction of sp³-hybridized carbons (Fsp3) is 0.600. The standard InChI is InChI=1S/C15H20F3NO2/c1-2-21-13-5-3-4-11(14(13)20)10-19-8-6-12(7-9-19)15(16,17)18/h3-5,12,20H,2,6-10H2,1H3. The first-order chi connectivity index (χ1) is 9.91. The van der Waals surface area contributed by atoms with Gasteiger partial charge in [-0.3, -0.25) is 4.90 Å². The van der Waals surface area contributed by atoms with Crippen LogP contribution in [0.2, 0.25) is 0 Å². The summed E-state index contributed by atoms with van der Waals surface area (Å²) in [6.45, 7) is 3.50. The van der Waals surface area contributed by atoms with Crippen LogP contribution in [-0.4, -0.2) is 35.9 Å². The zero-order chi connectivity index (χ0) is 15.5. The van der Waals surface area contributed by atoms with Crippen molar-refractivity contribution in [2.45, 2.75) is 32.5 Å². The SMILES string of the molecule is CCOc1cccc(CN2CCC(C(F)(F)F)CC2)c1O. The van der Waals surface area contributed by atoms with Crippen LogP contribution in [0.5, 0.6) is 11.5 Å². The molecule has 0 unspecified atom stereocenters. The van der Waals surface area contributed by atoms with Gasteiger partial charge in [0.05, 0.1) is 12.5 Å². The van der Waals surface area contributed by atoms with E-state index in [4.69, 9.17) is 4.74 Å². The van der Waals surface area contributed by atoms with Crippen LogP contribution in [0.25, 0.3) is 0 Å². The van der Waals surface area contributed by atoms with Crippen LogP contribution in [0.15, 0.2) is 18.2 Å². The number of para-hydroxylation sites is 1. The highest BCUT2D eigenvalue weighted by atomic mass is 19.4. The minimum Gasteiger partial charge on any atom is -0.504 e. The molecule has 0 atom stereocenters. The molecule has 0 saturated carbocycles. The van der Waals surface area contributed by atoms with Gasteiger partial charge in [0.25, 0.3) is 0 Å². The average Bonchev–Trinajstić information content (AvgIpc) is 2.43. The number of ether oxygens (including phenoxy) is 1. The van der Waals surface area contributed by atoms with E-state index < -0.39 is 12.1 Å². The van der Waals surface area contributed by atoms with Crippen molar-refractivity contribution < 1.29 is 23.0 Å². The average molecular weight is 303 g/mol. The zero-order valence-electron chi connectivity index (χ0n) is 12.0. The molecule has 1 N–H and O–H groups in total. The van der Waals surface area contributed by atoms with E-state index in [-0.39, 0.29) is 18.6 Å². The molecular formula is C15H20F3NO2. The first kappa shape index (κ1) is 15.9. The molecule has 0 amide bonds. The van der Waals surface area contributed by atoms with Crippen LogP contribution in [0.4, 0.5) is 13.2 Å². The van der Waals surface area contributed by atoms with Gasteiger partial charge in [-0.15, -0.1) is 0 Å². The summed E-state index contributed by atoms with van der Waals surface area (Å²) in [5.41, 5.74) is 0.686. The van der Waals surface area contributed by atoms with E-state index in [1.807, 2.05) is 11.8 Å². The minimum atomic E-state index is -4.09. The Morgan fingerprint density at radius 3 is 2.52 bits per heavy atom. The van der Waals surface area contributed by atoms with Gasteiger partial charge in [0.1, 0.15) is 0 Å². The maximum atomic E-state index is 12.6. The van der Waals surface area contributed by atoms with Gasteiger partial charge < -0.3 is 9.84 Å². The molecule has 2 rings (SSSR count). The molecule has 0 bridgehead atoms. The lowest BCUT2D eigenvalue weighted by Gasteiger charge is -2.33. The molecule has 1 saturated heterocycles. The third-order valence-corrected chi connectivity index (χ3v) is 3.83. The predicted molar refractivity (Wildman–Crippen MR) is 73.3 cm³/mol. The van der Waals surface area contributed by atoms with Gasteiger partial charge >= 0.3 is 6.18 Å². The second-order valence-corrected chi connectivity index (χ2v) is 5.29. The lowest BCUT2D eigenvalue weighted by molar-refractivity contribution is -0.185. The van der Waals surface area contributed by atoms with Gasteiger partial charge in [-0.2, -0.15) is 13.2 Å². The first-order valence-corrected chi connectivity index (χ1v) is 7.14. The number of piperidine rings is 1. The molecule has 0 aromatic heterocycles. The number of phenolic OH excluding ortho intramolecular Hbond substituents is 1. The van der Waals surface area contributed by atoms with Gasteiger partial charge in [-0.25, -0.2) is 0 Å². The number of benzene rings is 1. The van der Waals surface area contributed by atoms with Crippen molar-refractivity contribution in [3.05, 3.63) is 23.8 Å². The van der Waals surface area contributed by atoms with Gasteiger partial charge in [-0.05, 0) is 38.9 Å². The Morgan fingerprint density at radius 1 is 1.29 bits per heavy atom. The van der Waals surface area contributed by atoms with Crippen molar-refractivity contribution in [3.63, 3.8) is 0 Å². The summed E-state index contributed by atoms with van der Waals surface area (Å²) in [4.78, 5) is 1.94. The summed E-state index contributed by atoms with van der Waals surface area (Å²) in [6, 6.07) is 5.23. The van der Waals surface area contributed by atoms with Crippen molar-refractivity contribution in [1.29, 1.82) is 0 Å². The number of hydrogen-bond acceptors (Lipinski definition) is 3. The molecule has 1 aliphatic rings. The number of phenols is 1. The van der Waals surface area contributed by atoms with Gasteiger partial charge in [0.2, 0.25) is 0 Å². The molecule has 6 heteroatoms. The van der Waals surface area contributed by atoms with Crippen molar-refractivity contribution in [1.82, 2.24) is 4.90 Å². The lowest BCUT2D eigenvalue weighted by Crippen LogP contribution is -2.38. The van der Waals surface area contributed by atoms with Crippen LogP contribution in [0.1, 0.15) is 25.3 Å². The Bertz CT molecular complexity index is 468. The van der Waals surface area contributed by atoms with Crippen LogP contribution >= 0.6 is 0 Å². The van der Waals surface area contributed by atoms with Gasteiger partial charge in [0.15, 0.2) is 11.5 Å². The van der Waals surface area contributed by atoms with E-state index in [0.717, 1.165) is 0 Å². The molecule has 3 nitrogen and oxygen atoms in total. The van der Waals surface area contributed by atoms with Crippen LogP contribution in [0, 0.1) is 5.92 Å². The molecular weight excluding hydrogens is 283 g/mol. The molecule has 118 valence electrons. The highest BCUT2D eigenvalue weighted by molar-refractivity contribution is 5.45. The summed E-state index contributed by atoms with van der Waals surface area (Å²) in [7, 11) is 0. The van der Waals surface area contributed by atoms with Crippen molar-refractivity contribution in [2.24, 2.45) is 5.92 Å². The van der Waals surface area contributed by atoms with Crippen molar-refractivity contribution in [3.8, 4) is 11.5 Å².